The van der Waals surface area contributed by atoms with Crippen molar-refractivity contribution >= 4 is 21.7 Å². The average Bonchev–Trinajstić information content (AvgIpc) is 2.43. The molecule has 0 radical (unpaired) electrons. The largest absolute Gasteiger partial charge is 0.496 e. The monoisotopic (exact) mass is 327 g/mol. The van der Waals surface area contributed by atoms with Crippen LogP contribution < -0.4 is 4.74 Å². The second-order valence-corrected chi connectivity index (χ2v) is 5.45. The van der Waals surface area contributed by atoms with E-state index in [0.717, 1.165) is 28.8 Å². The lowest BCUT2D eigenvalue weighted by Gasteiger charge is -2.26. The highest BCUT2D eigenvalue weighted by Crippen LogP contribution is 2.25. The number of rotatable bonds is 7. The van der Waals surface area contributed by atoms with Crippen LogP contribution in [0.2, 0.25) is 0 Å². The molecule has 0 heterocycles. The molecule has 0 aliphatic heterocycles. The molecule has 1 aromatic carbocycles. The van der Waals surface area contributed by atoms with E-state index in [1.54, 1.807) is 7.11 Å². The second-order valence-electron chi connectivity index (χ2n) is 4.59. The highest BCUT2D eigenvalue weighted by Gasteiger charge is 2.16. The molecule has 106 valence electrons. The Kier molecular flexibility index (Phi) is 6.52. The molecule has 1 unspecified atom stereocenters. The first-order chi connectivity index (χ1) is 9.03. The van der Waals surface area contributed by atoms with Crippen LogP contribution in [0, 0.1) is 0 Å². The molecular formula is C15H22BrNO2. The van der Waals surface area contributed by atoms with Gasteiger partial charge >= 0.3 is 0 Å². The van der Waals surface area contributed by atoms with Crippen LogP contribution >= 0.6 is 15.9 Å². The molecule has 0 aliphatic carbocycles. The molecule has 1 rings (SSSR count). The molecule has 19 heavy (non-hydrogen) atoms. The smallest absolute Gasteiger partial charge is 0.176 e. The van der Waals surface area contributed by atoms with Gasteiger partial charge in [-0.1, -0.05) is 13.8 Å². The summed E-state index contributed by atoms with van der Waals surface area (Å²) in [7, 11) is 1.61. The van der Waals surface area contributed by atoms with E-state index in [1.165, 1.54) is 0 Å². The van der Waals surface area contributed by atoms with Gasteiger partial charge in [-0.2, -0.15) is 0 Å². The van der Waals surface area contributed by atoms with Gasteiger partial charge in [0, 0.05) is 11.6 Å². The number of hydrogen-bond acceptors (Lipinski definition) is 3. The lowest BCUT2D eigenvalue weighted by atomic mass is 10.1. The minimum Gasteiger partial charge on any atom is -0.496 e. The van der Waals surface area contributed by atoms with Crippen LogP contribution in [0.5, 0.6) is 5.75 Å². The Balaban J connectivity index is 2.80. The van der Waals surface area contributed by atoms with E-state index in [1.807, 2.05) is 18.2 Å². The fraction of sp³-hybridized carbons (Fsp3) is 0.533. The Bertz CT molecular complexity index is 434. The Hall–Kier alpha value is -0.870. The summed E-state index contributed by atoms with van der Waals surface area (Å²) in [6, 6.07) is 5.88. The lowest BCUT2D eigenvalue weighted by molar-refractivity contribution is 0.0902. The third-order valence-corrected chi connectivity index (χ3v) is 4.06. The molecule has 0 spiro atoms. The zero-order chi connectivity index (χ0) is 14.4. The van der Waals surface area contributed by atoms with Crippen LogP contribution in [-0.4, -0.2) is 36.9 Å². The van der Waals surface area contributed by atoms with Gasteiger partial charge in [0.15, 0.2) is 5.78 Å². The Labute approximate surface area is 124 Å². The topological polar surface area (TPSA) is 29.5 Å². The van der Waals surface area contributed by atoms with E-state index in [4.69, 9.17) is 4.74 Å². The molecule has 0 fully saturated rings. The van der Waals surface area contributed by atoms with E-state index < -0.39 is 0 Å². The van der Waals surface area contributed by atoms with Crippen LogP contribution in [0.3, 0.4) is 0 Å². The van der Waals surface area contributed by atoms with Crippen molar-refractivity contribution in [2.24, 2.45) is 0 Å². The molecule has 1 atom stereocenters. The first kappa shape index (κ1) is 16.2. The number of methoxy groups -OCH3 is 1. The number of halogens is 1. The standard InChI is InChI=1S/C15H22BrNO2/c1-5-11(3)17(6-2)10-14(18)12-7-8-15(19-4)13(16)9-12/h7-9,11H,5-6,10H2,1-4H3. The molecule has 0 aromatic heterocycles. The summed E-state index contributed by atoms with van der Waals surface area (Å²) in [4.78, 5) is 14.5. The molecule has 0 bridgehead atoms. The van der Waals surface area contributed by atoms with Gasteiger partial charge in [0.2, 0.25) is 0 Å². The van der Waals surface area contributed by atoms with Crippen molar-refractivity contribution in [3.8, 4) is 5.75 Å². The zero-order valence-corrected chi connectivity index (χ0v) is 13.7. The number of ether oxygens (including phenoxy) is 1. The quantitative estimate of drug-likeness (QED) is 0.714. The van der Waals surface area contributed by atoms with Crippen molar-refractivity contribution in [1.82, 2.24) is 4.90 Å². The van der Waals surface area contributed by atoms with Gasteiger partial charge in [0.05, 0.1) is 18.1 Å². The molecule has 4 heteroatoms. The number of likely N-dealkylation sites (N-methyl/N-ethyl adjacent to an activating group) is 1. The van der Waals surface area contributed by atoms with Crippen molar-refractivity contribution in [2.75, 3.05) is 20.2 Å². The number of carbonyl (C=O) groups is 1. The summed E-state index contributed by atoms with van der Waals surface area (Å²) < 4.78 is 5.98. The number of carbonyl (C=O) groups excluding carboxylic acids is 1. The van der Waals surface area contributed by atoms with Crippen LogP contribution in [0.25, 0.3) is 0 Å². The Morgan fingerprint density at radius 2 is 2.11 bits per heavy atom. The molecule has 0 aliphatic rings. The predicted octanol–water partition coefficient (Wildman–Crippen LogP) is 3.76. The van der Waals surface area contributed by atoms with Crippen LogP contribution in [0.4, 0.5) is 0 Å². The maximum Gasteiger partial charge on any atom is 0.176 e. The summed E-state index contributed by atoms with van der Waals surface area (Å²) in [5.74, 6) is 0.885. The minimum absolute atomic E-state index is 0.144. The fourth-order valence-corrected chi connectivity index (χ4v) is 2.49. The van der Waals surface area contributed by atoms with Crippen molar-refractivity contribution in [3.63, 3.8) is 0 Å². The predicted molar refractivity (Wildman–Crippen MR) is 82.0 cm³/mol. The summed E-state index contributed by atoms with van der Waals surface area (Å²) in [6.45, 7) is 7.73. The van der Waals surface area contributed by atoms with Gasteiger partial charge in [-0.25, -0.2) is 0 Å². The average molecular weight is 328 g/mol. The molecule has 0 amide bonds. The van der Waals surface area contributed by atoms with Gasteiger partial charge in [0.25, 0.3) is 0 Å². The maximum absolute atomic E-state index is 12.3. The molecule has 0 saturated carbocycles. The third-order valence-electron chi connectivity index (χ3n) is 3.44. The van der Waals surface area contributed by atoms with Crippen LogP contribution in [0.1, 0.15) is 37.6 Å². The first-order valence-corrected chi connectivity index (χ1v) is 7.43. The fourth-order valence-electron chi connectivity index (χ4n) is 1.95. The number of nitrogens with zero attached hydrogens (tertiary/aromatic N) is 1. The summed E-state index contributed by atoms with van der Waals surface area (Å²) in [6.07, 6.45) is 1.05. The van der Waals surface area contributed by atoms with Gasteiger partial charge in [-0.3, -0.25) is 9.69 Å². The van der Waals surface area contributed by atoms with Crippen LogP contribution in [0.15, 0.2) is 22.7 Å². The first-order valence-electron chi connectivity index (χ1n) is 6.64. The Morgan fingerprint density at radius 3 is 2.58 bits per heavy atom. The SMILES string of the molecule is CCC(C)N(CC)CC(=O)c1ccc(OC)c(Br)c1. The Morgan fingerprint density at radius 1 is 1.42 bits per heavy atom. The third kappa shape index (κ3) is 4.32. The number of ketones is 1. The van der Waals surface area contributed by atoms with E-state index in [-0.39, 0.29) is 5.78 Å². The van der Waals surface area contributed by atoms with Crippen molar-refractivity contribution in [1.29, 1.82) is 0 Å². The summed E-state index contributed by atoms with van der Waals surface area (Å²) in [5, 5.41) is 0. The van der Waals surface area contributed by atoms with Gasteiger partial charge < -0.3 is 4.74 Å². The van der Waals surface area contributed by atoms with Gasteiger partial charge in [-0.05, 0) is 54.0 Å². The molecule has 0 N–H and O–H groups in total. The molecule has 3 nitrogen and oxygen atoms in total. The van der Waals surface area contributed by atoms with Crippen LogP contribution in [-0.2, 0) is 0 Å². The zero-order valence-electron chi connectivity index (χ0n) is 12.1. The van der Waals surface area contributed by atoms with Crippen molar-refractivity contribution in [2.45, 2.75) is 33.2 Å². The van der Waals surface area contributed by atoms with E-state index in [0.29, 0.717) is 12.6 Å². The highest BCUT2D eigenvalue weighted by atomic mass is 79.9. The second kappa shape index (κ2) is 7.65. The number of benzene rings is 1. The minimum atomic E-state index is 0.144. The van der Waals surface area contributed by atoms with E-state index in [2.05, 4.69) is 41.6 Å². The molecule has 0 saturated heterocycles. The highest BCUT2D eigenvalue weighted by molar-refractivity contribution is 9.10. The van der Waals surface area contributed by atoms with E-state index in [9.17, 15) is 4.79 Å². The molecular weight excluding hydrogens is 306 g/mol. The number of Topliss-reactive ketones (excluding diaryl/α,β-unsaturated/α-hetero) is 1. The summed E-state index contributed by atoms with van der Waals surface area (Å²) >= 11 is 3.41. The normalized spacial score (nSPS) is 12.5. The summed E-state index contributed by atoms with van der Waals surface area (Å²) in [5.41, 5.74) is 0.717. The van der Waals surface area contributed by atoms with Gasteiger partial charge in [-0.15, -0.1) is 0 Å². The van der Waals surface area contributed by atoms with Gasteiger partial charge in [0.1, 0.15) is 5.75 Å². The van der Waals surface area contributed by atoms with E-state index >= 15 is 0 Å². The number of hydrogen-bond donors (Lipinski definition) is 0. The van der Waals surface area contributed by atoms with Crippen molar-refractivity contribution < 1.29 is 9.53 Å². The molecule has 1 aromatic rings. The van der Waals surface area contributed by atoms with Crippen molar-refractivity contribution in [3.05, 3.63) is 28.2 Å². The maximum atomic E-state index is 12.3. The lowest BCUT2D eigenvalue weighted by Crippen LogP contribution is -2.36.